The Labute approximate surface area is 120 Å². The molecule has 0 spiro atoms. The van der Waals surface area contributed by atoms with Gasteiger partial charge in [0, 0.05) is 5.69 Å². The average molecular weight is 284 g/mol. The van der Waals surface area contributed by atoms with Gasteiger partial charge in [0.1, 0.15) is 11.8 Å². The monoisotopic (exact) mass is 284 g/mol. The number of benzene rings is 1. The number of carbonyl (C=O) groups is 1. The fourth-order valence-corrected chi connectivity index (χ4v) is 2.40. The van der Waals surface area contributed by atoms with Crippen molar-refractivity contribution < 1.29 is 14.5 Å². The second-order valence-electron chi connectivity index (χ2n) is 4.68. The third-order valence-electron chi connectivity index (χ3n) is 3.34. The molecule has 1 aliphatic heterocycles. The molecule has 6 heteroatoms. The van der Waals surface area contributed by atoms with Crippen molar-refractivity contribution in [1.82, 2.24) is 0 Å². The largest absolute Gasteiger partial charge is 0.449 e. The summed E-state index contributed by atoms with van der Waals surface area (Å²) in [5.41, 5.74) is 0.399. The van der Waals surface area contributed by atoms with Gasteiger partial charge in [-0.15, -0.1) is 0 Å². The molecule has 0 radical (unpaired) electrons. The summed E-state index contributed by atoms with van der Waals surface area (Å²) in [5.74, 6) is -1.30. The number of allylic oxidation sites excluding steroid dienone is 2. The summed E-state index contributed by atoms with van der Waals surface area (Å²) in [6, 6.07) is 9.02. The van der Waals surface area contributed by atoms with Crippen LogP contribution in [0.5, 0.6) is 0 Å². The Morgan fingerprint density at radius 3 is 2.57 bits per heavy atom. The van der Waals surface area contributed by atoms with Gasteiger partial charge in [0.2, 0.25) is 0 Å². The fraction of sp³-hybridized carbons (Fsp3) is 0.133. The summed E-state index contributed by atoms with van der Waals surface area (Å²) in [7, 11) is 0. The quantitative estimate of drug-likeness (QED) is 0.523. The van der Waals surface area contributed by atoms with E-state index in [4.69, 9.17) is 4.74 Å². The van der Waals surface area contributed by atoms with Gasteiger partial charge in [-0.2, -0.15) is 0 Å². The predicted octanol–water partition coefficient (Wildman–Crippen LogP) is 2.25. The van der Waals surface area contributed by atoms with Crippen LogP contribution in [0.4, 0.5) is 5.69 Å². The van der Waals surface area contributed by atoms with Crippen LogP contribution in [-0.4, -0.2) is 17.0 Å². The zero-order valence-corrected chi connectivity index (χ0v) is 10.9. The van der Waals surface area contributed by atoms with E-state index in [-0.39, 0.29) is 11.6 Å². The highest BCUT2D eigenvalue weighted by Crippen LogP contribution is 2.32. The molecule has 2 aliphatic rings. The zero-order chi connectivity index (χ0) is 14.8. The van der Waals surface area contributed by atoms with Crippen LogP contribution in [0.25, 0.3) is 0 Å². The normalized spacial score (nSPS) is 23.5. The molecule has 1 aliphatic carbocycles. The van der Waals surface area contributed by atoms with Crippen molar-refractivity contribution in [1.29, 1.82) is 0 Å². The number of nitrogens with one attached hydrogen (secondary N) is 1. The Morgan fingerprint density at radius 2 is 1.86 bits per heavy atom. The Hall–Kier alpha value is -2.89. The van der Waals surface area contributed by atoms with E-state index >= 15 is 0 Å². The van der Waals surface area contributed by atoms with Gasteiger partial charge >= 0.3 is 11.7 Å². The van der Waals surface area contributed by atoms with Crippen molar-refractivity contribution in [2.75, 3.05) is 5.32 Å². The van der Waals surface area contributed by atoms with E-state index in [0.717, 1.165) is 0 Å². The lowest BCUT2D eigenvalue weighted by Gasteiger charge is -2.30. The SMILES string of the molecule is O=C1O[C@@H]2C=CC=C[C@@H]2C(Nc2ccccc2)=C1[N+](=O)[O-]. The van der Waals surface area contributed by atoms with Crippen LogP contribution in [0.1, 0.15) is 0 Å². The molecule has 0 saturated heterocycles. The molecule has 106 valence electrons. The maximum atomic E-state index is 11.9. The number of hydrogen-bond acceptors (Lipinski definition) is 5. The average Bonchev–Trinajstić information content (AvgIpc) is 2.47. The van der Waals surface area contributed by atoms with E-state index in [1.165, 1.54) is 0 Å². The molecule has 21 heavy (non-hydrogen) atoms. The van der Waals surface area contributed by atoms with Crippen LogP contribution in [0.3, 0.4) is 0 Å². The molecule has 0 saturated carbocycles. The standard InChI is InChI=1S/C15H12N2O4/c18-15-14(17(19)20)13(16-10-6-2-1-3-7-10)11-8-4-5-9-12(11)21-15/h1-9,11-12,16H/t11-,12+/m0/s1. The van der Waals surface area contributed by atoms with E-state index in [0.29, 0.717) is 5.69 Å². The van der Waals surface area contributed by atoms with Gasteiger partial charge in [-0.1, -0.05) is 36.4 Å². The van der Waals surface area contributed by atoms with Gasteiger partial charge in [0.15, 0.2) is 0 Å². The van der Waals surface area contributed by atoms with Gasteiger partial charge < -0.3 is 10.1 Å². The van der Waals surface area contributed by atoms with Crippen LogP contribution in [0.2, 0.25) is 0 Å². The van der Waals surface area contributed by atoms with Crippen LogP contribution in [0, 0.1) is 16.0 Å². The number of esters is 1. The molecule has 0 unspecified atom stereocenters. The topological polar surface area (TPSA) is 81.5 Å². The molecule has 0 amide bonds. The molecule has 1 aromatic carbocycles. The lowest BCUT2D eigenvalue weighted by molar-refractivity contribution is -0.424. The minimum Gasteiger partial charge on any atom is -0.449 e. The summed E-state index contributed by atoms with van der Waals surface area (Å²) in [4.78, 5) is 22.4. The lowest BCUT2D eigenvalue weighted by Crippen LogP contribution is -2.38. The van der Waals surface area contributed by atoms with Crippen molar-refractivity contribution in [3.05, 3.63) is 76.1 Å². The summed E-state index contributed by atoms with van der Waals surface area (Å²) in [6.07, 6.45) is 6.52. The number of nitro groups is 1. The number of carbonyl (C=O) groups excluding carboxylic acids is 1. The Bertz CT molecular complexity index is 676. The second kappa shape index (κ2) is 5.24. The van der Waals surface area contributed by atoms with Crippen LogP contribution in [-0.2, 0) is 9.53 Å². The van der Waals surface area contributed by atoms with Crippen molar-refractivity contribution in [2.24, 2.45) is 5.92 Å². The van der Waals surface area contributed by atoms with Crippen LogP contribution in [0.15, 0.2) is 66.0 Å². The first kappa shape index (κ1) is 13.1. The first-order valence-corrected chi connectivity index (χ1v) is 6.43. The van der Waals surface area contributed by atoms with Gasteiger partial charge in [0.25, 0.3) is 0 Å². The molecule has 0 aromatic heterocycles. The molecule has 6 nitrogen and oxygen atoms in total. The molecule has 0 bridgehead atoms. The summed E-state index contributed by atoms with van der Waals surface area (Å²) in [5, 5.41) is 14.2. The molecule has 1 heterocycles. The van der Waals surface area contributed by atoms with Crippen molar-refractivity contribution in [2.45, 2.75) is 6.10 Å². The molecule has 0 fully saturated rings. The van der Waals surface area contributed by atoms with Crippen LogP contribution >= 0.6 is 0 Å². The zero-order valence-electron chi connectivity index (χ0n) is 10.9. The molecular weight excluding hydrogens is 272 g/mol. The first-order chi connectivity index (χ1) is 10.2. The number of anilines is 1. The maximum absolute atomic E-state index is 11.9. The van der Waals surface area contributed by atoms with Crippen molar-refractivity contribution >= 4 is 11.7 Å². The third-order valence-corrected chi connectivity index (χ3v) is 3.34. The summed E-state index contributed by atoms with van der Waals surface area (Å²) < 4.78 is 5.12. The molecule has 1 N–H and O–H groups in total. The molecular formula is C15H12N2O4. The highest BCUT2D eigenvalue weighted by Gasteiger charge is 2.43. The lowest BCUT2D eigenvalue weighted by atomic mass is 9.90. The number of rotatable bonds is 3. The number of nitrogens with zero attached hydrogens (tertiary/aromatic N) is 1. The van der Waals surface area contributed by atoms with Crippen molar-refractivity contribution in [3.63, 3.8) is 0 Å². The van der Waals surface area contributed by atoms with Crippen molar-refractivity contribution in [3.8, 4) is 0 Å². The number of hydrogen-bond donors (Lipinski definition) is 1. The molecule has 1 aromatic rings. The highest BCUT2D eigenvalue weighted by atomic mass is 16.6. The first-order valence-electron chi connectivity index (χ1n) is 6.43. The third kappa shape index (κ3) is 2.43. The second-order valence-corrected chi connectivity index (χ2v) is 4.68. The van der Waals surface area contributed by atoms with E-state index in [1.54, 1.807) is 36.4 Å². The van der Waals surface area contributed by atoms with Gasteiger partial charge in [-0.05, 0) is 18.2 Å². The smallest absolute Gasteiger partial charge is 0.412 e. The molecule has 2 atom stereocenters. The summed E-state index contributed by atoms with van der Waals surface area (Å²) >= 11 is 0. The van der Waals surface area contributed by atoms with E-state index in [2.05, 4.69) is 5.32 Å². The number of ether oxygens (including phenoxy) is 1. The molecule has 3 rings (SSSR count). The van der Waals surface area contributed by atoms with E-state index < -0.39 is 22.7 Å². The minimum absolute atomic E-state index is 0.257. The van der Waals surface area contributed by atoms with Gasteiger partial charge in [-0.25, -0.2) is 4.79 Å². The minimum atomic E-state index is -0.917. The van der Waals surface area contributed by atoms with Crippen LogP contribution < -0.4 is 5.32 Å². The summed E-state index contributed by atoms with van der Waals surface area (Å²) in [6.45, 7) is 0. The number of fused-ring (bicyclic) bond motifs is 1. The Balaban J connectivity index is 2.06. The van der Waals surface area contributed by atoms with Gasteiger partial charge in [0.05, 0.1) is 10.8 Å². The fourth-order valence-electron chi connectivity index (χ4n) is 2.40. The van der Waals surface area contributed by atoms with Gasteiger partial charge in [-0.3, -0.25) is 10.1 Å². The van der Waals surface area contributed by atoms with E-state index in [1.807, 2.05) is 18.2 Å². The Kier molecular flexibility index (Phi) is 3.27. The highest BCUT2D eigenvalue weighted by molar-refractivity contribution is 5.89. The van der Waals surface area contributed by atoms with E-state index in [9.17, 15) is 14.9 Å². The Morgan fingerprint density at radius 1 is 1.14 bits per heavy atom. The predicted molar refractivity (Wildman–Crippen MR) is 75.7 cm³/mol. The number of para-hydroxylation sites is 1. The maximum Gasteiger partial charge on any atom is 0.412 e.